The smallest absolute Gasteiger partial charge is 0.238 e. The fraction of sp³-hybridized carbons (Fsp3) is 0.714. The number of nitrogens with one attached hydrogen (secondary N) is 2. The Hall–Kier alpha value is -1.28. The number of nitrogens with zero attached hydrogens (tertiary/aromatic N) is 2. The quantitative estimate of drug-likeness (QED) is 0.646. The van der Waals surface area contributed by atoms with Gasteiger partial charge in [-0.2, -0.15) is 0 Å². The molecule has 0 aliphatic carbocycles. The summed E-state index contributed by atoms with van der Waals surface area (Å²) >= 11 is 0. The molecule has 0 radical (unpaired) electrons. The Balaban J connectivity index is 1.90. The van der Waals surface area contributed by atoms with Gasteiger partial charge in [-0.1, -0.05) is 13.8 Å². The van der Waals surface area contributed by atoms with Crippen LogP contribution in [0.2, 0.25) is 0 Å². The zero-order chi connectivity index (χ0) is 15.1. The first-order valence-electron chi connectivity index (χ1n) is 7.34. The molecule has 1 aromatic heterocycles. The zero-order valence-corrected chi connectivity index (χ0v) is 12.6. The SMILES string of the molecule is CC(C)NCC(O)COc1nccnc1C1CNCCO1. The lowest BCUT2D eigenvalue weighted by Crippen LogP contribution is -2.36. The van der Waals surface area contributed by atoms with E-state index in [-0.39, 0.29) is 12.7 Å². The number of rotatable bonds is 7. The molecule has 7 heteroatoms. The number of hydrogen-bond donors (Lipinski definition) is 3. The molecule has 0 spiro atoms. The van der Waals surface area contributed by atoms with Crippen LogP contribution in [0.4, 0.5) is 0 Å². The molecule has 21 heavy (non-hydrogen) atoms. The lowest BCUT2D eigenvalue weighted by atomic mass is 10.2. The summed E-state index contributed by atoms with van der Waals surface area (Å²) in [6.45, 7) is 6.88. The summed E-state index contributed by atoms with van der Waals surface area (Å²) in [6, 6.07) is 0.327. The molecule has 2 rings (SSSR count). The van der Waals surface area contributed by atoms with Crippen molar-refractivity contribution in [3.63, 3.8) is 0 Å². The van der Waals surface area contributed by atoms with Gasteiger partial charge in [0.1, 0.15) is 24.5 Å². The molecule has 1 aliphatic rings. The first kappa shape index (κ1) is 16.1. The van der Waals surface area contributed by atoms with Gasteiger partial charge in [-0.3, -0.25) is 4.98 Å². The van der Waals surface area contributed by atoms with Crippen molar-refractivity contribution in [3.8, 4) is 5.88 Å². The molecule has 118 valence electrons. The maximum Gasteiger partial charge on any atom is 0.238 e. The van der Waals surface area contributed by atoms with Gasteiger partial charge in [0.05, 0.1) is 6.61 Å². The van der Waals surface area contributed by atoms with E-state index in [9.17, 15) is 5.11 Å². The van der Waals surface area contributed by atoms with E-state index in [0.717, 1.165) is 6.54 Å². The summed E-state index contributed by atoms with van der Waals surface area (Å²) in [5.41, 5.74) is 0.675. The number of aliphatic hydroxyl groups is 1. The highest BCUT2D eigenvalue weighted by atomic mass is 16.5. The lowest BCUT2D eigenvalue weighted by molar-refractivity contribution is 0.0211. The van der Waals surface area contributed by atoms with Gasteiger partial charge in [0.15, 0.2) is 0 Å². The van der Waals surface area contributed by atoms with E-state index in [2.05, 4.69) is 20.6 Å². The largest absolute Gasteiger partial charge is 0.473 e. The second-order valence-corrected chi connectivity index (χ2v) is 5.34. The van der Waals surface area contributed by atoms with Gasteiger partial charge in [0.2, 0.25) is 5.88 Å². The Morgan fingerprint density at radius 2 is 2.29 bits per heavy atom. The van der Waals surface area contributed by atoms with Crippen LogP contribution in [0.25, 0.3) is 0 Å². The minimum atomic E-state index is -0.590. The van der Waals surface area contributed by atoms with E-state index in [4.69, 9.17) is 9.47 Å². The van der Waals surface area contributed by atoms with E-state index < -0.39 is 6.10 Å². The molecule has 7 nitrogen and oxygen atoms in total. The molecule has 1 fully saturated rings. The predicted octanol–water partition coefficient (Wildman–Crippen LogP) is -0.125. The highest BCUT2D eigenvalue weighted by Gasteiger charge is 2.22. The van der Waals surface area contributed by atoms with Crippen molar-refractivity contribution in [1.29, 1.82) is 0 Å². The molecular formula is C14H24N4O3. The summed E-state index contributed by atoms with van der Waals surface area (Å²) in [5, 5.41) is 16.3. The van der Waals surface area contributed by atoms with Crippen molar-refractivity contribution in [1.82, 2.24) is 20.6 Å². The van der Waals surface area contributed by atoms with Gasteiger partial charge < -0.3 is 25.2 Å². The molecule has 0 amide bonds. The summed E-state index contributed by atoms with van der Waals surface area (Å²) in [5.74, 6) is 0.426. The molecular weight excluding hydrogens is 272 g/mol. The van der Waals surface area contributed by atoms with Crippen molar-refractivity contribution >= 4 is 0 Å². The average molecular weight is 296 g/mol. The Morgan fingerprint density at radius 3 is 3.00 bits per heavy atom. The lowest BCUT2D eigenvalue weighted by Gasteiger charge is -2.24. The monoisotopic (exact) mass is 296 g/mol. The van der Waals surface area contributed by atoms with Gasteiger partial charge >= 0.3 is 0 Å². The van der Waals surface area contributed by atoms with Crippen LogP contribution in [0, 0.1) is 0 Å². The molecule has 1 aromatic rings. The number of aliphatic hydroxyl groups excluding tert-OH is 1. The molecule has 1 saturated heterocycles. The summed E-state index contributed by atoms with van der Waals surface area (Å²) < 4.78 is 11.3. The fourth-order valence-corrected chi connectivity index (χ4v) is 2.01. The first-order valence-corrected chi connectivity index (χ1v) is 7.34. The summed E-state index contributed by atoms with van der Waals surface area (Å²) in [7, 11) is 0. The molecule has 0 saturated carbocycles. The predicted molar refractivity (Wildman–Crippen MR) is 78.2 cm³/mol. The maximum absolute atomic E-state index is 9.88. The van der Waals surface area contributed by atoms with Crippen LogP contribution < -0.4 is 15.4 Å². The summed E-state index contributed by atoms with van der Waals surface area (Å²) in [4.78, 5) is 8.50. The first-order chi connectivity index (χ1) is 10.2. The Kier molecular flexibility index (Phi) is 6.31. The van der Waals surface area contributed by atoms with Crippen LogP contribution in [0.15, 0.2) is 12.4 Å². The second-order valence-electron chi connectivity index (χ2n) is 5.34. The van der Waals surface area contributed by atoms with E-state index in [1.165, 1.54) is 0 Å². The van der Waals surface area contributed by atoms with E-state index in [1.54, 1.807) is 12.4 Å². The Morgan fingerprint density at radius 1 is 1.48 bits per heavy atom. The van der Waals surface area contributed by atoms with Crippen LogP contribution >= 0.6 is 0 Å². The van der Waals surface area contributed by atoms with Crippen molar-refractivity contribution in [2.75, 3.05) is 32.8 Å². The van der Waals surface area contributed by atoms with Crippen molar-refractivity contribution in [2.24, 2.45) is 0 Å². The minimum Gasteiger partial charge on any atom is -0.473 e. The number of ether oxygens (including phenoxy) is 2. The van der Waals surface area contributed by atoms with Gasteiger partial charge in [0.25, 0.3) is 0 Å². The van der Waals surface area contributed by atoms with Gasteiger partial charge in [-0.25, -0.2) is 4.98 Å². The minimum absolute atomic E-state index is 0.159. The fourth-order valence-electron chi connectivity index (χ4n) is 2.01. The molecule has 0 bridgehead atoms. The molecule has 3 N–H and O–H groups in total. The normalized spacial score (nSPS) is 20.5. The molecule has 1 aliphatic heterocycles. The second kappa shape index (κ2) is 8.23. The van der Waals surface area contributed by atoms with Crippen molar-refractivity contribution in [2.45, 2.75) is 32.1 Å². The van der Waals surface area contributed by atoms with Crippen molar-refractivity contribution < 1.29 is 14.6 Å². The average Bonchev–Trinajstić information content (AvgIpc) is 2.52. The van der Waals surface area contributed by atoms with Crippen LogP contribution in [0.1, 0.15) is 25.6 Å². The Labute approximate surface area is 125 Å². The van der Waals surface area contributed by atoms with E-state index in [0.29, 0.717) is 37.3 Å². The van der Waals surface area contributed by atoms with Crippen LogP contribution in [-0.2, 0) is 4.74 Å². The van der Waals surface area contributed by atoms with Gasteiger partial charge in [-0.05, 0) is 0 Å². The maximum atomic E-state index is 9.88. The van der Waals surface area contributed by atoms with Gasteiger partial charge in [0, 0.05) is 38.1 Å². The number of morpholine rings is 1. The molecule has 0 aromatic carbocycles. The van der Waals surface area contributed by atoms with E-state index in [1.807, 2.05) is 13.8 Å². The third-order valence-electron chi connectivity index (χ3n) is 3.10. The van der Waals surface area contributed by atoms with Crippen molar-refractivity contribution in [3.05, 3.63) is 18.1 Å². The Bertz CT molecular complexity index is 424. The topological polar surface area (TPSA) is 88.5 Å². The molecule has 2 heterocycles. The number of hydrogen-bond acceptors (Lipinski definition) is 7. The zero-order valence-electron chi connectivity index (χ0n) is 12.6. The third-order valence-corrected chi connectivity index (χ3v) is 3.10. The van der Waals surface area contributed by atoms with E-state index >= 15 is 0 Å². The number of aromatic nitrogens is 2. The standard InChI is InChI=1S/C14H24N4O3/c1-10(2)18-7-11(19)9-21-14-13(16-3-4-17-14)12-8-15-5-6-20-12/h3-4,10-12,15,18-19H,5-9H2,1-2H3. The molecule has 2 atom stereocenters. The van der Waals surface area contributed by atoms with Gasteiger partial charge in [-0.15, -0.1) is 0 Å². The molecule has 2 unspecified atom stereocenters. The van der Waals surface area contributed by atoms with Crippen LogP contribution in [0.3, 0.4) is 0 Å². The third kappa shape index (κ3) is 5.20. The highest BCUT2D eigenvalue weighted by Crippen LogP contribution is 2.24. The summed E-state index contributed by atoms with van der Waals surface area (Å²) in [6.07, 6.45) is 2.45. The van der Waals surface area contributed by atoms with Crippen LogP contribution in [0.5, 0.6) is 5.88 Å². The highest BCUT2D eigenvalue weighted by molar-refractivity contribution is 5.20. The van der Waals surface area contributed by atoms with Crippen LogP contribution in [-0.4, -0.2) is 60.1 Å².